The number of thioether (sulfide) groups is 1. The number of nitrogens with zero attached hydrogens (tertiary/aromatic N) is 2. The van der Waals surface area contributed by atoms with Gasteiger partial charge in [-0.3, -0.25) is 9.78 Å². The van der Waals surface area contributed by atoms with Crippen molar-refractivity contribution < 1.29 is 23.8 Å². The van der Waals surface area contributed by atoms with Crippen molar-refractivity contribution in [1.82, 2.24) is 9.88 Å². The molecule has 1 N–H and O–H groups in total. The molecule has 0 bridgehead atoms. The summed E-state index contributed by atoms with van der Waals surface area (Å²) < 4.78 is 26.0. The number of aromatic nitrogens is 1. The van der Waals surface area contributed by atoms with Crippen LogP contribution >= 0.6 is 11.8 Å². The number of hydrogen-bond donors (Lipinski definition) is 1. The number of carbonyl (C=O) groups is 1. The largest absolute Gasteiger partial charge is 0.497 e. The Morgan fingerprint density at radius 2 is 1.89 bits per heavy atom. The topological polar surface area (TPSA) is 71.9 Å². The number of benzene rings is 2. The lowest BCUT2D eigenvalue weighted by atomic mass is 9.79. The molecule has 2 aromatic carbocycles. The number of likely N-dealkylation sites (tertiary alicyclic amines) is 1. The van der Waals surface area contributed by atoms with E-state index in [-0.39, 0.29) is 18.3 Å². The first-order valence-corrected chi connectivity index (χ1v) is 14.2. The van der Waals surface area contributed by atoms with Gasteiger partial charge in [0.25, 0.3) is 0 Å². The highest BCUT2D eigenvalue weighted by molar-refractivity contribution is 7.99. The van der Waals surface area contributed by atoms with Crippen LogP contribution in [0.25, 0.3) is 10.9 Å². The maximum absolute atomic E-state index is 15.5. The Balaban J connectivity index is 1.29. The lowest BCUT2D eigenvalue weighted by Crippen LogP contribution is -2.42. The predicted octanol–water partition coefficient (Wildman–Crippen LogP) is 6.64. The van der Waals surface area contributed by atoms with Crippen molar-refractivity contribution in [3.05, 3.63) is 60.3 Å². The predicted molar refractivity (Wildman–Crippen MR) is 150 cm³/mol. The number of carboxylic acids is 1. The molecule has 1 fully saturated rings. The monoisotopic (exact) mass is 540 g/mol. The minimum absolute atomic E-state index is 0.0389. The maximum Gasteiger partial charge on any atom is 0.303 e. The van der Waals surface area contributed by atoms with Crippen LogP contribution in [0, 0.1) is 11.8 Å². The summed E-state index contributed by atoms with van der Waals surface area (Å²) in [4.78, 5) is 19.6. The minimum atomic E-state index is -1.13. The minimum Gasteiger partial charge on any atom is -0.497 e. The third-order valence-electron chi connectivity index (χ3n) is 7.47. The van der Waals surface area contributed by atoms with Crippen LogP contribution in [0.4, 0.5) is 4.39 Å². The standard InChI is InChI=1S/C30H37FN2O4S/c1-36-23-5-8-25(9-6-23)38-17-3-15-33-16-13-21(22(20-33)18-30(34)35)4-10-28(31)26-12-14-32-29-11-7-24(37-2)19-27(26)29/h5-9,11-12,14,19,21-22,28H,3-4,10,13,15-18,20H2,1-2H3,(H,34,35)/t21-,22+,28+/m1/s1. The van der Waals surface area contributed by atoms with Crippen molar-refractivity contribution in [3.8, 4) is 11.5 Å². The Morgan fingerprint density at radius 3 is 2.63 bits per heavy atom. The lowest BCUT2D eigenvalue weighted by molar-refractivity contribution is -0.139. The Hall–Kier alpha value is -2.84. The van der Waals surface area contributed by atoms with Crippen molar-refractivity contribution in [2.24, 2.45) is 11.8 Å². The summed E-state index contributed by atoms with van der Waals surface area (Å²) >= 11 is 1.82. The van der Waals surface area contributed by atoms with E-state index in [9.17, 15) is 9.90 Å². The zero-order valence-electron chi connectivity index (χ0n) is 22.1. The number of hydrogen-bond acceptors (Lipinski definition) is 6. The van der Waals surface area contributed by atoms with Crippen molar-refractivity contribution in [2.75, 3.05) is 39.6 Å². The molecule has 1 aromatic heterocycles. The fourth-order valence-electron chi connectivity index (χ4n) is 5.41. The van der Waals surface area contributed by atoms with Crippen molar-refractivity contribution in [1.29, 1.82) is 0 Å². The van der Waals surface area contributed by atoms with Gasteiger partial charge in [-0.1, -0.05) is 0 Å². The summed E-state index contributed by atoms with van der Waals surface area (Å²) in [5.41, 5.74) is 1.36. The Morgan fingerprint density at radius 1 is 1.13 bits per heavy atom. The first kappa shape index (κ1) is 28.2. The number of pyridine rings is 1. The normalized spacial score (nSPS) is 18.8. The molecular formula is C30H37FN2O4S. The molecule has 38 heavy (non-hydrogen) atoms. The van der Waals surface area contributed by atoms with Crippen molar-refractivity contribution >= 4 is 28.6 Å². The van der Waals surface area contributed by atoms with E-state index in [4.69, 9.17) is 9.47 Å². The fraction of sp³-hybridized carbons (Fsp3) is 0.467. The summed E-state index contributed by atoms with van der Waals surface area (Å²) in [6, 6.07) is 15.3. The van der Waals surface area contributed by atoms with Crippen LogP contribution < -0.4 is 9.47 Å². The zero-order valence-corrected chi connectivity index (χ0v) is 23.0. The third-order valence-corrected chi connectivity index (χ3v) is 8.57. The molecule has 4 rings (SSSR count). The van der Waals surface area contributed by atoms with Crippen molar-refractivity contribution in [2.45, 2.75) is 43.2 Å². The molecule has 0 spiro atoms. The summed E-state index contributed by atoms with van der Waals surface area (Å²) in [7, 11) is 3.26. The number of fused-ring (bicyclic) bond motifs is 1. The van der Waals surface area contributed by atoms with Crippen LogP contribution in [0.1, 0.15) is 43.8 Å². The highest BCUT2D eigenvalue weighted by Gasteiger charge is 2.31. The molecule has 0 unspecified atom stereocenters. The van der Waals surface area contributed by atoms with Gasteiger partial charge in [-0.25, -0.2) is 4.39 Å². The fourth-order valence-corrected chi connectivity index (χ4v) is 6.25. The highest BCUT2D eigenvalue weighted by Crippen LogP contribution is 2.36. The number of piperidine rings is 1. The first-order valence-electron chi connectivity index (χ1n) is 13.2. The molecule has 0 saturated carbocycles. The Kier molecular flexibility index (Phi) is 10.2. The summed E-state index contributed by atoms with van der Waals surface area (Å²) in [6.07, 6.45) is 3.63. The van der Waals surface area contributed by atoms with Crippen LogP contribution in [0.2, 0.25) is 0 Å². The second kappa shape index (κ2) is 13.8. The first-order chi connectivity index (χ1) is 18.5. The van der Waals surface area contributed by atoms with E-state index in [1.54, 1.807) is 26.5 Å². The maximum atomic E-state index is 15.5. The molecule has 1 aliphatic rings. The van der Waals surface area contributed by atoms with Crippen LogP contribution in [-0.2, 0) is 4.79 Å². The van der Waals surface area contributed by atoms with Gasteiger partial charge in [-0.05, 0) is 110 Å². The van der Waals surface area contributed by atoms with E-state index in [2.05, 4.69) is 22.0 Å². The average molecular weight is 541 g/mol. The van der Waals surface area contributed by atoms with E-state index in [1.165, 1.54) is 4.90 Å². The number of alkyl halides is 1. The Labute approximate surface area is 228 Å². The van der Waals surface area contributed by atoms with Gasteiger partial charge in [-0.2, -0.15) is 0 Å². The van der Waals surface area contributed by atoms with Crippen LogP contribution in [-0.4, -0.2) is 60.6 Å². The molecule has 6 nitrogen and oxygen atoms in total. The van der Waals surface area contributed by atoms with Gasteiger partial charge in [0.05, 0.1) is 19.7 Å². The summed E-state index contributed by atoms with van der Waals surface area (Å²) in [5, 5.41) is 10.3. The molecule has 0 aliphatic carbocycles. The van der Waals surface area contributed by atoms with E-state index >= 15 is 4.39 Å². The van der Waals surface area contributed by atoms with E-state index < -0.39 is 12.1 Å². The Bertz CT molecular complexity index is 1190. The van der Waals surface area contributed by atoms with Gasteiger partial charge >= 0.3 is 5.97 Å². The van der Waals surface area contributed by atoms with E-state index in [1.807, 2.05) is 42.1 Å². The number of methoxy groups -OCH3 is 2. The van der Waals surface area contributed by atoms with Gasteiger partial charge in [0.2, 0.25) is 0 Å². The van der Waals surface area contributed by atoms with Gasteiger partial charge in [-0.15, -0.1) is 11.8 Å². The highest BCUT2D eigenvalue weighted by atomic mass is 32.2. The number of ether oxygens (including phenoxy) is 2. The molecule has 1 aliphatic heterocycles. The third kappa shape index (κ3) is 7.60. The van der Waals surface area contributed by atoms with Gasteiger partial charge in [0.1, 0.15) is 17.7 Å². The lowest BCUT2D eigenvalue weighted by Gasteiger charge is -2.38. The molecular weight excluding hydrogens is 503 g/mol. The molecule has 3 atom stereocenters. The molecule has 3 aromatic rings. The average Bonchev–Trinajstić information content (AvgIpc) is 2.94. The van der Waals surface area contributed by atoms with Gasteiger partial charge in [0, 0.05) is 29.4 Å². The van der Waals surface area contributed by atoms with E-state index in [0.717, 1.165) is 54.9 Å². The number of aliphatic carboxylic acids is 1. The van der Waals surface area contributed by atoms with Gasteiger partial charge < -0.3 is 19.5 Å². The number of halogens is 1. The second-order valence-electron chi connectivity index (χ2n) is 9.91. The summed E-state index contributed by atoms with van der Waals surface area (Å²) in [6.45, 7) is 2.64. The molecule has 0 amide bonds. The van der Waals surface area contributed by atoms with Crippen LogP contribution in [0.3, 0.4) is 0 Å². The number of rotatable bonds is 13. The van der Waals surface area contributed by atoms with Crippen molar-refractivity contribution in [3.63, 3.8) is 0 Å². The smallest absolute Gasteiger partial charge is 0.303 e. The van der Waals surface area contributed by atoms with Crippen LogP contribution in [0.15, 0.2) is 59.6 Å². The van der Waals surface area contributed by atoms with Crippen LogP contribution in [0.5, 0.6) is 11.5 Å². The number of carboxylic acid groups (broad SMARTS) is 1. The molecule has 1 saturated heterocycles. The summed E-state index contributed by atoms with van der Waals surface area (Å²) in [5.74, 6) is 2.00. The van der Waals surface area contributed by atoms with Gasteiger partial charge in [0.15, 0.2) is 0 Å². The molecule has 2 heterocycles. The molecule has 204 valence electrons. The second-order valence-corrected chi connectivity index (χ2v) is 11.1. The SMILES string of the molecule is COc1ccc(SCCCN2CC[C@@H](CC[C@H](F)c3ccnc4ccc(OC)cc34)[C@@H](CC(=O)O)C2)cc1. The quantitative estimate of drug-likeness (QED) is 0.193. The zero-order chi connectivity index (χ0) is 26.9. The molecule has 8 heteroatoms. The van der Waals surface area contributed by atoms with E-state index in [0.29, 0.717) is 24.2 Å². The molecule has 0 radical (unpaired) electrons.